The molecule has 5 nitrogen and oxygen atoms in total. The molecule has 0 fully saturated rings. The van der Waals surface area contributed by atoms with Crippen molar-refractivity contribution in [2.75, 3.05) is 6.61 Å². The summed E-state index contributed by atoms with van der Waals surface area (Å²) < 4.78 is 7.78. The van der Waals surface area contributed by atoms with Gasteiger partial charge in [0.1, 0.15) is 12.4 Å². The first-order valence-electron chi connectivity index (χ1n) is 8.66. The van der Waals surface area contributed by atoms with Crippen LogP contribution >= 0.6 is 0 Å². The average Bonchev–Trinajstić information content (AvgIpc) is 3.14. The predicted octanol–water partition coefficient (Wildman–Crippen LogP) is 3.44. The fourth-order valence-corrected chi connectivity index (χ4v) is 2.63. The minimum Gasteiger partial charge on any atom is -0.491 e. The summed E-state index contributed by atoms with van der Waals surface area (Å²) in [5.41, 5.74) is 2.84. The summed E-state index contributed by atoms with van der Waals surface area (Å²) in [5.74, 6) is 0.748. The number of para-hydroxylation sites is 1. The zero-order chi connectivity index (χ0) is 18.4. The Morgan fingerprint density at radius 2 is 1.96 bits per heavy atom. The molecule has 2 aromatic carbocycles. The summed E-state index contributed by atoms with van der Waals surface area (Å²) in [6, 6.07) is 15.4. The van der Waals surface area contributed by atoms with E-state index < -0.39 is 0 Å². The molecule has 134 valence electrons. The first-order valence-corrected chi connectivity index (χ1v) is 8.66. The van der Waals surface area contributed by atoms with Crippen LogP contribution in [-0.2, 0) is 6.54 Å². The predicted molar refractivity (Wildman–Crippen MR) is 101 cm³/mol. The van der Waals surface area contributed by atoms with E-state index in [-0.39, 0.29) is 11.9 Å². The molecule has 0 spiro atoms. The highest BCUT2D eigenvalue weighted by molar-refractivity contribution is 5.94. The van der Waals surface area contributed by atoms with Crippen LogP contribution in [0.3, 0.4) is 0 Å². The molecule has 0 saturated carbocycles. The van der Waals surface area contributed by atoms with E-state index in [9.17, 15) is 4.79 Å². The number of nitrogens with zero attached hydrogens (tertiary/aromatic N) is 2. The highest BCUT2D eigenvalue weighted by atomic mass is 16.5. The van der Waals surface area contributed by atoms with Crippen molar-refractivity contribution in [2.45, 2.75) is 26.4 Å². The molecule has 1 atom stereocenters. The molecule has 5 heteroatoms. The van der Waals surface area contributed by atoms with E-state index in [1.54, 1.807) is 12.5 Å². The van der Waals surface area contributed by atoms with Crippen LogP contribution in [0.2, 0.25) is 0 Å². The SMILES string of the molecule is Cc1ccccc1OCC(C)NC(=O)c1ccc(Cn2ccnc2)cc1. The first-order chi connectivity index (χ1) is 12.6. The summed E-state index contributed by atoms with van der Waals surface area (Å²) in [6.07, 6.45) is 5.44. The van der Waals surface area contributed by atoms with Gasteiger partial charge in [0.25, 0.3) is 5.91 Å². The summed E-state index contributed by atoms with van der Waals surface area (Å²) in [5, 5.41) is 2.97. The number of imidazole rings is 1. The molecule has 1 aromatic heterocycles. The zero-order valence-electron chi connectivity index (χ0n) is 15.1. The Kier molecular flexibility index (Phi) is 5.69. The second-order valence-electron chi connectivity index (χ2n) is 6.38. The van der Waals surface area contributed by atoms with Gasteiger partial charge in [-0.1, -0.05) is 30.3 Å². The minimum atomic E-state index is -0.0972. The van der Waals surface area contributed by atoms with E-state index in [2.05, 4.69) is 10.3 Å². The van der Waals surface area contributed by atoms with E-state index in [4.69, 9.17) is 4.74 Å². The van der Waals surface area contributed by atoms with Crippen LogP contribution < -0.4 is 10.1 Å². The molecular formula is C21H23N3O2. The minimum absolute atomic E-state index is 0.0901. The number of carbonyl (C=O) groups excluding carboxylic acids is 1. The second kappa shape index (κ2) is 8.34. The fraction of sp³-hybridized carbons (Fsp3) is 0.238. The molecular weight excluding hydrogens is 326 g/mol. The van der Waals surface area contributed by atoms with Gasteiger partial charge in [-0.3, -0.25) is 4.79 Å². The number of ether oxygens (including phenoxy) is 1. The van der Waals surface area contributed by atoms with E-state index in [0.717, 1.165) is 23.4 Å². The molecule has 0 saturated heterocycles. The highest BCUT2D eigenvalue weighted by Gasteiger charge is 2.11. The number of amides is 1. The number of nitrogens with one attached hydrogen (secondary N) is 1. The van der Waals surface area contributed by atoms with Crippen molar-refractivity contribution in [3.63, 3.8) is 0 Å². The number of rotatable bonds is 7. The van der Waals surface area contributed by atoms with Crippen LogP contribution in [0.15, 0.2) is 67.3 Å². The molecule has 0 aliphatic carbocycles. The van der Waals surface area contributed by atoms with Crippen molar-refractivity contribution < 1.29 is 9.53 Å². The Balaban J connectivity index is 1.51. The summed E-state index contributed by atoms with van der Waals surface area (Å²) in [6.45, 7) is 5.10. The van der Waals surface area contributed by atoms with Gasteiger partial charge in [0.05, 0.1) is 12.4 Å². The third kappa shape index (κ3) is 4.72. The number of aryl methyl sites for hydroxylation is 1. The van der Waals surface area contributed by atoms with Crippen molar-refractivity contribution in [1.29, 1.82) is 0 Å². The smallest absolute Gasteiger partial charge is 0.251 e. The third-order valence-electron chi connectivity index (χ3n) is 4.10. The molecule has 26 heavy (non-hydrogen) atoms. The maximum atomic E-state index is 12.4. The van der Waals surface area contributed by atoms with Crippen LogP contribution in [0.25, 0.3) is 0 Å². The summed E-state index contributed by atoms with van der Waals surface area (Å²) in [7, 11) is 0. The van der Waals surface area contributed by atoms with Crippen LogP contribution in [0.4, 0.5) is 0 Å². The lowest BCUT2D eigenvalue weighted by atomic mass is 10.1. The number of aromatic nitrogens is 2. The molecule has 0 radical (unpaired) electrons. The molecule has 1 unspecified atom stereocenters. The normalized spacial score (nSPS) is 11.8. The molecule has 0 bridgehead atoms. The highest BCUT2D eigenvalue weighted by Crippen LogP contribution is 2.16. The van der Waals surface area contributed by atoms with Gasteiger partial charge in [0.15, 0.2) is 0 Å². The fourth-order valence-electron chi connectivity index (χ4n) is 2.63. The number of hydrogen-bond donors (Lipinski definition) is 1. The zero-order valence-corrected chi connectivity index (χ0v) is 15.1. The Labute approximate surface area is 153 Å². The topological polar surface area (TPSA) is 56.1 Å². The molecule has 0 aliphatic rings. The lowest BCUT2D eigenvalue weighted by Crippen LogP contribution is -2.36. The lowest BCUT2D eigenvalue weighted by molar-refractivity contribution is 0.0926. The number of hydrogen-bond acceptors (Lipinski definition) is 3. The molecule has 3 rings (SSSR count). The van der Waals surface area contributed by atoms with E-state index in [1.165, 1.54) is 0 Å². The van der Waals surface area contributed by atoms with Crippen LogP contribution in [0, 0.1) is 6.92 Å². The number of benzene rings is 2. The standard InChI is InChI=1S/C21H23N3O2/c1-16-5-3-4-6-20(16)26-14-17(2)23-21(25)19-9-7-18(8-10-19)13-24-12-11-22-15-24/h3-12,15,17H,13-14H2,1-2H3,(H,23,25). The monoisotopic (exact) mass is 349 g/mol. The van der Waals surface area contributed by atoms with Crippen molar-refractivity contribution in [3.05, 3.63) is 83.9 Å². The molecule has 1 heterocycles. The van der Waals surface area contributed by atoms with E-state index >= 15 is 0 Å². The van der Waals surface area contributed by atoms with Crippen molar-refractivity contribution in [1.82, 2.24) is 14.9 Å². The van der Waals surface area contributed by atoms with Crippen molar-refractivity contribution >= 4 is 5.91 Å². The van der Waals surface area contributed by atoms with Crippen molar-refractivity contribution in [2.24, 2.45) is 0 Å². The molecule has 1 N–H and O–H groups in total. The van der Waals surface area contributed by atoms with Gasteiger partial charge in [-0.25, -0.2) is 4.98 Å². The van der Waals surface area contributed by atoms with E-state index in [0.29, 0.717) is 12.2 Å². The molecule has 3 aromatic rings. The number of carbonyl (C=O) groups is 1. The van der Waals surface area contributed by atoms with Gasteiger partial charge in [-0.2, -0.15) is 0 Å². The van der Waals surface area contributed by atoms with Gasteiger partial charge >= 0.3 is 0 Å². The quantitative estimate of drug-likeness (QED) is 0.711. The van der Waals surface area contributed by atoms with E-state index in [1.807, 2.05) is 73.1 Å². The van der Waals surface area contributed by atoms with Crippen LogP contribution in [-0.4, -0.2) is 28.1 Å². The van der Waals surface area contributed by atoms with Crippen LogP contribution in [0.1, 0.15) is 28.4 Å². The third-order valence-corrected chi connectivity index (χ3v) is 4.10. The van der Waals surface area contributed by atoms with Gasteiger partial charge in [-0.15, -0.1) is 0 Å². The second-order valence-corrected chi connectivity index (χ2v) is 6.38. The van der Waals surface area contributed by atoms with Crippen LogP contribution in [0.5, 0.6) is 5.75 Å². The maximum absolute atomic E-state index is 12.4. The van der Waals surface area contributed by atoms with Gasteiger partial charge in [0.2, 0.25) is 0 Å². The molecule has 1 amide bonds. The Morgan fingerprint density at radius 1 is 1.19 bits per heavy atom. The lowest BCUT2D eigenvalue weighted by Gasteiger charge is -2.16. The Morgan fingerprint density at radius 3 is 2.65 bits per heavy atom. The summed E-state index contributed by atoms with van der Waals surface area (Å²) >= 11 is 0. The van der Waals surface area contributed by atoms with Gasteiger partial charge in [-0.05, 0) is 43.2 Å². The van der Waals surface area contributed by atoms with Gasteiger partial charge in [0, 0.05) is 24.5 Å². The Hall–Kier alpha value is -3.08. The first kappa shape index (κ1) is 17.7. The van der Waals surface area contributed by atoms with Gasteiger partial charge < -0.3 is 14.6 Å². The Bertz CT molecular complexity index is 842. The molecule has 0 aliphatic heterocycles. The summed E-state index contributed by atoms with van der Waals surface area (Å²) in [4.78, 5) is 16.4. The average molecular weight is 349 g/mol. The maximum Gasteiger partial charge on any atom is 0.251 e. The van der Waals surface area contributed by atoms with Crippen molar-refractivity contribution in [3.8, 4) is 5.75 Å². The largest absolute Gasteiger partial charge is 0.491 e.